The van der Waals surface area contributed by atoms with Crippen LogP contribution in [0.25, 0.3) is 10.2 Å². The SMILES string of the molecule is CC(C)OC(=O)c1ccc2nc(NC(=S)NC(=O)c3ccc4c(c3)OCCO4)sc2c1. The van der Waals surface area contributed by atoms with E-state index in [-0.39, 0.29) is 23.1 Å². The molecule has 2 N–H and O–H groups in total. The van der Waals surface area contributed by atoms with E-state index in [1.807, 2.05) is 0 Å². The van der Waals surface area contributed by atoms with Crippen LogP contribution in [0.4, 0.5) is 5.13 Å². The summed E-state index contributed by atoms with van der Waals surface area (Å²) in [6.07, 6.45) is -0.197. The molecule has 4 rings (SSSR count). The predicted octanol–water partition coefficient (Wildman–Crippen LogP) is 3.76. The first-order chi connectivity index (χ1) is 14.9. The first-order valence-electron chi connectivity index (χ1n) is 9.52. The van der Waals surface area contributed by atoms with Crippen LogP contribution in [0.2, 0.25) is 0 Å². The summed E-state index contributed by atoms with van der Waals surface area (Å²) in [6, 6.07) is 10.1. The fourth-order valence-electron chi connectivity index (χ4n) is 2.88. The summed E-state index contributed by atoms with van der Waals surface area (Å²) in [7, 11) is 0. The molecule has 0 unspecified atom stereocenters. The number of ether oxygens (including phenoxy) is 3. The van der Waals surface area contributed by atoms with E-state index in [9.17, 15) is 9.59 Å². The van der Waals surface area contributed by atoms with Gasteiger partial charge in [-0.25, -0.2) is 9.78 Å². The number of nitrogens with zero attached hydrogens (tertiary/aromatic N) is 1. The van der Waals surface area contributed by atoms with Crippen LogP contribution in [0.3, 0.4) is 0 Å². The first kappa shape index (κ1) is 21.0. The summed E-state index contributed by atoms with van der Waals surface area (Å²) < 4.78 is 17.0. The van der Waals surface area contributed by atoms with Gasteiger partial charge >= 0.3 is 5.97 Å². The molecule has 0 bridgehead atoms. The molecule has 0 radical (unpaired) electrons. The first-order valence-corrected chi connectivity index (χ1v) is 10.7. The number of benzene rings is 2. The van der Waals surface area contributed by atoms with E-state index in [0.29, 0.717) is 46.5 Å². The number of amides is 1. The third-order valence-corrected chi connectivity index (χ3v) is 5.36. The van der Waals surface area contributed by atoms with Crippen molar-refractivity contribution in [2.24, 2.45) is 0 Å². The molecule has 1 aromatic heterocycles. The highest BCUT2D eigenvalue weighted by molar-refractivity contribution is 7.80. The van der Waals surface area contributed by atoms with Gasteiger partial charge in [-0.2, -0.15) is 0 Å². The maximum Gasteiger partial charge on any atom is 0.338 e. The molecule has 160 valence electrons. The van der Waals surface area contributed by atoms with Crippen LogP contribution in [-0.2, 0) is 4.74 Å². The Kier molecular flexibility index (Phi) is 6.01. The van der Waals surface area contributed by atoms with Gasteiger partial charge in [0.05, 0.1) is 21.9 Å². The summed E-state index contributed by atoms with van der Waals surface area (Å²) in [4.78, 5) is 29.0. The monoisotopic (exact) mass is 457 g/mol. The number of anilines is 1. The summed E-state index contributed by atoms with van der Waals surface area (Å²) in [5, 5.41) is 6.14. The fraction of sp³-hybridized carbons (Fsp3) is 0.238. The molecule has 0 fully saturated rings. The van der Waals surface area contributed by atoms with Crippen molar-refractivity contribution in [2.75, 3.05) is 18.5 Å². The molecule has 2 aromatic carbocycles. The normalized spacial score (nSPS) is 12.5. The van der Waals surface area contributed by atoms with Crippen LogP contribution >= 0.6 is 23.6 Å². The molecule has 1 aliphatic heterocycles. The highest BCUT2D eigenvalue weighted by Crippen LogP contribution is 2.31. The Bertz CT molecular complexity index is 1180. The number of carbonyl (C=O) groups excluding carboxylic acids is 2. The molecule has 0 atom stereocenters. The number of fused-ring (bicyclic) bond motifs is 2. The predicted molar refractivity (Wildman–Crippen MR) is 121 cm³/mol. The Morgan fingerprint density at radius 1 is 1.10 bits per heavy atom. The van der Waals surface area contributed by atoms with Crippen molar-refractivity contribution in [1.82, 2.24) is 10.3 Å². The van der Waals surface area contributed by atoms with Crippen molar-refractivity contribution in [3.05, 3.63) is 47.5 Å². The topological polar surface area (TPSA) is 98.8 Å². The third-order valence-electron chi connectivity index (χ3n) is 4.22. The number of carbonyl (C=O) groups is 2. The smallest absolute Gasteiger partial charge is 0.338 e. The summed E-state index contributed by atoms with van der Waals surface area (Å²) in [6.45, 7) is 4.51. The molecule has 8 nitrogen and oxygen atoms in total. The molecule has 10 heteroatoms. The molecule has 3 aromatic rings. The van der Waals surface area contributed by atoms with E-state index in [1.165, 1.54) is 11.3 Å². The Labute approximate surface area is 187 Å². The minimum absolute atomic E-state index is 0.110. The molecule has 31 heavy (non-hydrogen) atoms. The highest BCUT2D eigenvalue weighted by Gasteiger charge is 2.17. The molecule has 0 saturated carbocycles. The quantitative estimate of drug-likeness (QED) is 0.451. The minimum Gasteiger partial charge on any atom is -0.486 e. The van der Waals surface area contributed by atoms with E-state index < -0.39 is 0 Å². The maximum absolute atomic E-state index is 12.5. The van der Waals surface area contributed by atoms with E-state index in [2.05, 4.69) is 15.6 Å². The lowest BCUT2D eigenvalue weighted by Crippen LogP contribution is -2.34. The van der Waals surface area contributed by atoms with Crippen LogP contribution in [0.1, 0.15) is 34.6 Å². The molecule has 0 saturated heterocycles. The lowest BCUT2D eigenvalue weighted by molar-refractivity contribution is 0.0378. The zero-order valence-corrected chi connectivity index (χ0v) is 18.4. The van der Waals surface area contributed by atoms with Crippen LogP contribution in [-0.4, -0.2) is 41.3 Å². The van der Waals surface area contributed by atoms with Crippen molar-refractivity contribution < 1.29 is 23.8 Å². The minimum atomic E-state index is -0.387. The van der Waals surface area contributed by atoms with E-state index in [1.54, 1.807) is 50.2 Å². The van der Waals surface area contributed by atoms with Gasteiger partial charge in [0.15, 0.2) is 21.7 Å². The Hall–Kier alpha value is -3.24. The lowest BCUT2D eigenvalue weighted by atomic mass is 10.2. The molecule has 1 aliphatic rings. The molecule has 0 aliphatic carbocycles. The molecule has 1 amide bonds. The fourth-order valence-corrected chi connectivity index (χ4v) is 4.04. The van der Waals surface area contributed by atoms with Gasteiger partial charge in [0, 0.05) is 5.56 Å². The summed E-state index contributed by atoms with van der Waals surface area (Å²) in [5.41, 5.74) is 1.55. The van der Waals surface area contributed by atoms with E-state index >= 15 is 0 Å². The average molecular weight is 458 g/mol. The van der Waals surface area contributed by atoms with Crippen LogP contribution in [0.15, 0.2) is 36.4 Å². The molecular formula is C21H19N3O5S2. The van der Waals surface area contributed by atoms with Gasteiger partial charge in [-0.15, -0.1) is 0 Å². The molecule has 0 spiro atoms. The van der Waals surface area contributed by atoms with Crippen LogP contribution < -0.4 is 20.1 Å². The van der Waals surface area contributed by atoms with Gasteiger partial charge in [0.1, 0.15) is 13.2 Å². The number of esters is 1. The van der Waals surface area contributed by atoms with Gasteiger partial charge in [0.2, 0.25) is 0 Å². The van der Waals surface area contributed by atoms with Gasteiger partial charge in [-0.05, 0) is 62.5 Å². The average Bonchev–Trinajstić information content (AvgIpc) is 3.13. The van der Waals surface area contributed by atoms with Crippen molar-refractivity contribution in [1.29, 1.82) is 0 Å². The number of hydrogen-bond donors (Lipinski definition) is 2. The Balaban J connectivity index is 1.42. The second kappa shape index (κ2) is 8.86. The number of hydrogen-bond acceptors (Lipinski definition) is 8. The van der Waals surface area contributed by atoms with Gasteiger partial charge in [-0.3, -0.25) is 10.1 Å². The number of rotatable bonds is 4. The standard InChI is InChI=1S/C21H19N3O5S2/c1-11(2)29-19(26)13-3-5-14-17(10-13)31-21(22-14)24-20(30)23-18(25)12-4-6-15-16(9-12)28-8-7-27-15/h3-6,9-11H,7-8H2,1-2H3,(H2,22,23,24,25,30). The van der Waals surface area contributed by atoms with Crippen molar-refractivity contribution in [2.45, 2.75) is 20.0 Å². The molecule has 2 heterocycles. The number of aromatic nitrogens is 1. The van der Waals surface area contributed by atoms with E-state index in [4.69, 9.17) is 26.4 Å². The van der Waals surface area contributed by atoms with E-state index in [0.717, 1.165) is 4.70 Å². The van der Waals surface area contributed by atoms with Crippen molar-refractivity contribution in [3.8, 4) is 11.5 Å². The second-order valence-corrected chi connectivity index (χ2v) is 8.36. The van der Waals surface area contributed by atoms with Gasteiger partial charge in [0.25, 0.3) is 5.91 Å². The van der Waals surface area contributed by atoms with Gasteiger partial charge in [-0.1, -0.05) is 11.3 Å². The summed E-state index contributed by atoms with van der Waals surface area (Å²) in [5.74, 6) is 0.363. The third kappa shape index (κ3) is 4.92. The number of thiazole rings is 1. The zero-order chi connectivity index (χ0) is 22.0. The van der Waals surface area contributed by atoms with Crippen molar-refractivity contribution in [3.63, 3.8) is 0 Å². The Morgan fingerprint density at radius 3 is 2.61 bits per heavy atom. The maximum atomic E-state index is 12.5. The second-order valence-electron chi connectivity index (χ2n) is 6.92. The Morgan fingerprint density at radius 2 is 1.84 bits per heavy atom. The zero-order valence-electron chi connectivity index (χ0n) is 16.8. The largest absolute Gasteiger partial charge is 0.486 e. The lowest BCUT2D eigenvalue weighted by Gasteiger charge is -2.18. The number of thiocarbonyl (C=S) groups is 1. The van der Waals surface area contributed by atoms with Crippen LogP contribution in [0.5, 0.6) is 11.5 Å². The van der Waals surface area contributed by atoms with Crippen molar-refractivity contribution >= 4 is 55.9 Å². The van der Waals surface area contributed by atoms with Crippen LogP contribution in [0, 0.1) is 0 Å². The van der Waals surface area contributed by atoms with Gasteiger partial charge < -0.3 is 19.5 Å². The summed E-state index contributed by atoms with van der Waals surface area (Å²) >= 11 is 6.56. The molecular weight excluding hydrogens is 438 g/mol. The number of nitrogens with one attached hydrogen (secondary N) is 2. The highest BCUT2D eigenvalue weighted by atomic mass is 32.1.